The third-order valence-corrected chi connectivity index (χ3v) is 9.40. The molecule has 1 saturated heterocycles. The molecule has 0 spiro atoms. The third kappa shape index (κ3) is 4.66. The van der Waals surface area contributed by atoms with Crippen LogP contribution in [0.15, 0.2) is 23.1 Å². The van der Waals surface area contributed by atoms with E-state index in [0.29, 0.717) is 43.5 Å². The highest BCUT2D eigenvalue weighted by Crippen LogP contribution is 2.38. The maximum absolute atomic E-state index is 12.8. The number of rotatable bonds is 6. The van der Waals surface area contributed by atoms with Crippen LogP contribution in [0.2, 0.25) is 0 Å². The van der Waals surface area contributed by atoms with E-state index in [-0.39, 0.29) is 17.9 Å². The Morgan fingerprint density at radius 2 is 1.88 bits per heavy atom. The number of nitrogens with zero attached hydrogens (tertiary/aromatic N) is 6. The molecule has 0 radical (unpaired) electrons. The van der Waals surface area contributed by atoms with Crippen molar-refractivity contribution in [3.63, 3.8) is 0 Å². The second kappa shape index (κ2) is 8.54. The van der Waals surface area contributed by atoms with Crippen LogP contribution < -0.4 is 21.9 Å². The zero-order valence-electron chi connectivity index (χ0n) is 18.7. The van der Waals surface area contributed by atoms with Gasteiger partial charge in [-0.25, -0.2) is 28.2 Å². The number of anilines is 2. The SMILES string of the molecule is CC[P@](C)(=O)c1nc(N)c2[nH]c(=O)n(Cc3ccc(N4CCN(S(C)(=O)=O)CC4)nc3)c2n1. The van der Waals surface area contributed by atoms with Gasteiger partial charge < -0.3 is 20.2 Å². The summed E-state index contributed by atoms with van der Waals surface area (Å²) in [6.07, 6.45) is 3.27. The molecule has 3 aromatic heterocycles. The Morgan fingerprint density at radius 3 is 2.45 bits per heavy atom. The zero-order chi connectivity index (χ0) is 24.0. The Bertz CT molecular complexity index is 1390. The summed E-state index contributed by atoms with van der Waals surface area (Å²) in [7, 11) is -5.97. The number of imidazole rings is 1. The monoisotopic (exact) mass is 494 g/mol. The van der Waals surface area contributed by atoms with E-state index in [0.717, 1.165) is 11.4 Å². The van der Waals surface area contributed by atoms with Crippen LogP contribution in [0.5, 0.6) is 0 Å². The highest BCUT2D eigenvalue weighted by atomic mass is 32.2. The fourth-order valence-corrected chi connectivity index (χ4v) is 5.40. The molecule has 4 rings (SSSR count). The molecule has 0 unspecified atom stereocenters. The standard InChI is InChI=1S/C19H27N8O4PS/c1-4-32(2,29)18-23-16(20)15-17(24-18)27(19(28)22-15)12-13-5-6-14(21-11-13)25-7-9-26(10-8-25)33(3,30)31/h5-6,11H,4,7-10,12H2,1-3H3,(H,22,28)(H2,20,23,24)/t32-/m0/s1. The Kier molecular flexibility index (Phi) is 6.06. The summed E-state index contributed by atoms with van der Waals surface area (Å²) < 4.78 is 39.0. The molecule has 1 aliphatic heterocycles. The van der Waals surface area contributed by atoms with Crippen LogP contribution in [0.3, 0.4) is 0 Å². The quantitative estimate of drug-likeness (QED) is 0.445. The Hall–Kier alpha value is -2.76. The van der Waals surface area contributed by atoms with Gasteiger partial charge in [0.25, 0.3) is 0 Å². The van der Waals surface area contributed by atoms with Gasteiger partial charge in [0, 0.05) is 38.5 Å². The van der Waals surface area contributed by atoms with Gasteiger partial charge in [-0.15, -0.1) is 0 Å². The van der Waals surface area contributed by atoms with E-state index in [1.54, 1.807) is 19.8 Å². The van der Waals surface area contributed by atoms with Crippen molar-refractivity contribution < 1.29 is 13.0 Å². The second-order valence-corrected chi connectivity index (χ2v) is 13.4. The lowest BCUT2D eigenvalue weighted by Gasteiger charge is -2.34. The molecule has 0 saturated carbocycles. The average Bonchev–Trinajstić information content (AvgIpc) is 3.09. The molecule has 1 atom stereocenters. The maximum atomic E-state index is 12.8. The number of pyridine rings is 1. The molecule has 0 amide bonds. The molecule has 0 bridgehead atoms. The van der Waals surface area contributed by atoms with Crippen LogP contribution in [0, 0.1) is 0 Å². The average molecular weight is 495 g/mol. The van der Waals surface area contributed by atoms with Crippen molar-refractivity contribution in [1.29, 1.82) is 0 Å². The Labute approximate surface area is 191 Å². The summed E-state index contributed by atoms with van der Waals surface area (Å²) in [5, 5.41) is 0. The van der Waals surface area contributed by atoms with Gasteiger partial charge in [-0.3, -0.25) is 4.57 Å². The maximum Gasteiger partial charge on any atom is 0.328 e. The first-order valence-electron chi connectivity index (χ1n) is 10.5. The second-order valence-electron chi connectivity index (χ2n) is 8.21. The fourth-order valence-electron chi connectivity index (χ4n) is 3.67. The van der Waals surface area contributed by atoms with Crippen LogP contribution in [-0.2, 0) is 21.1 Å². The molecule has 33 heavy (non-hydrogen) atoms. The van der Waals surface area contributed by atoms with Crippen molar-refractivity contribution in [3.05, 3.63) is 34.4 Å². The van der Waals surface area contributed by atoms with Crippen molar-refractivity contribution in [2.24, 2.45) is 0 Å². The van der Waals surface area contributed by atoms with E-state index in [1.807, 2.05) is 17.0 Å². The topological polar surface area (TPSA) is 160 Å². The molecule has 3 aromatic rings. The minimum absolute atomic E-state index is 0.0862. The van der Waals surface area contributed by atoms with Crippen LogP contribution in [0.25, 0.3) is 11.2 Å². The molecule has 178 valence electrons. The van der Waals surface area contributed by atoms with Crippen LogP contribution in [-0.4, -0.2) is 82.5 Å². The molecular weight excluding hydrogens is 467 g/mol. The van der Waals surface area contributed by atoms with Crippen LogP contribution in [0.4, 0.5) is 11.6 Å². The van der Waals surface area contributed by atoms with E-state index in [9.17, 15) is 17.8 Å². The van der Waals surface area contributed by atoms with E-state index in [2.05, 4.69) is 19.9 Å². The van der Waals surface area contributed by atoms with Crippen molar-refractivity contribution in [2.75, 3.05) is 55.9 Å². The predicted octanol–water partition coefficient (Wildman–Crippen LogP) is -0.135. The normalized spacial score (nSPS) is 17.4. The third-order valence-electron chi connectivity index (χ3n) is 5.85. The van der Waals surface area contributed by atoms with E-state index in [4.69, 9.17) is 5.73 Å². The molecule has 1 fully saturated rings. The number of piperazine rings is 1. The van der Waals surface area contributed by atoms with E-state index in [1.165, 1.54) is 15.1 Å². The molecular formula is C19H27N8O4PS. The molecule has 1 aliphatic rings. The highest BCUT2D eigenvalue weighted by molar-refractivity contribution is 7.88. The number of hydrogen-bond acceptors (Lipinski definition) is 9. The number of nitrogen functional groups attached to an aromatic ring is 1. The number of aromatic amines is 1. The Morgan fingerprint density at radius 1 is 1.18 bits per heavy atom. The number of fused-ring (bicyclic) bond motifs is 1. The van der Waals surface area contributed by atoms with Gasteiger partial charge >= 0.3 is 5.69 Å². The van der Waals surface area contributed by atoms with Crippen LogP contribution >= 0.6 is 7.14 Å². The molecule has 3 N–H and O–H groups in total. The summed E-state index contributed by atoms with van der Waals surface area (Å²) in [5.74, 6) is 0.824. The predicted molar refractivity (Wildman–Crippen MR) is 128 cm³/mol. The first-order chi connectivity index (χ1) is 15.5. The minimum atomic E-state index is -3.19. The number of sulfonamides is 1. The molecule has 14 heteroatoms. The van der Waals surface area contributed by atoms with E-state index >= 15 is 0 Å². The highest BCUT2D eigenvalue weighted by Gasteiger charge is 2.25. The van der Waals surface area contributed by atoms with Crippen molar-refractivity contribution in [1.82, 2.24) is 28.8 Å². The van der Waals surface area contributed by atoms with Crippen LogP contribution in [0.1, 0.15) is 12.5 Å². The smallest absolute Gasteiger partial charge is 0.328 e. The lowest BCUT2D eigenvalue weighted by molar-refractivity contribution is 0.387. The molecule has 4 heterocycles. The molecule has 0 aromatic carbocycles. The van der Waals surface area contributed by atoms with E-state index < -0.39 is 22.9 Å². The lowest BCUT2D eigenvalue weighted by atomic mass is 10.2. The minimum Gasteiger partial charge on any atom is -0.382 e. The van der Waals surface area contributed by atoms with Gasteiger partial charge in [-0.1, -0.05) is 13.0 Å². The first-order valence-corrected chi connectivity index (χ1v) is 14.7. The number of nitrogens with one attached hydrogen (secondary N) is 1. The summed E-state index contributed by atoms with van der Waals surface area (Å²) in [6, 6.07) is 3.70. The summed E-state index contributed by atoms with van der Waals surface area (Å²) in [6.45, 7) is 5.52. The molecule has 0 aliphatic carbocycles. The molecule has 12 nitrogen and oxygen atoms in total. The first kappa shape index (κ1) is 23.4. The van der Waals surface area contributed by atoms with Gasteiger partial charge in [-0.2, -0.15) is 4.31 Å². The number of aromatic nitrogens is 5. The van der Waals surface area contributed by atoms with Crippen molar-refractivity contribution >= 4 is 45.5 Å². The van der Waals surface area contributed by atoms with Gasteiger partial charge in [-0.05, 0) is 18.3 Å². The fraction of sp³-hybridized carbons (Fsp3) is 0.474. The van der Waals surface area contributed by atoms with Gasteiger partial charge in [0.2, 0.25) is 10.0 Å². The summed E-state index contributed by atoms with van der Waals surface area (Å²) >= 11 is 0. The largest absolute Gasteiger partial charge is 0.382 e. The zero-order valence-corrected chi connectivity index (χ0v) is 20.4. The lowest BCUT2D eigenvalue weighted by Crippen LogP contribution is -2.48. The van der Waals surface area contributed by atoms with Gasteiger partial charge in [0.15, 0.2) is 17.0 Å². The number of nitrogens with two attached hydrogens (primary N) is 1. The summed E-state index contributed by atoms with van der Waals surface area (Å²) in [5.41, 5.74) is 7.16. The summed E-state index contributed by atoms with van der Waals surface area (Å²) in [4.78, 5) is 30.3. The van der Waals surface area contributed by atoms with Gasteiger partial charge in [0.05, 0.1) is 12.8 Å². The number of H-pyrrole nitrogens is 1. The Balaban J connectivity index is 1.57. The van der Waals surface area contributed by atoms with Crippen molar-refractivity contribution in [2.45, 2.75) is 13.5 Å². The van der Waals surface area contributed by atoms with Gasteiger partial charge in [0.1, 0.15) is 18.5 Å². The number of hydrogen-bond donors (Lipinski definition) is 2. The van der Waals surface area contributed by atoms with Crippen molar-refractivity contribution in [3.8, 4) is 0 Å².